The fourth-order valence-corrected chi connectivity index (χ4v) is 2.50. The highest BCUT2D eigenvalue weighted by Crippen LogP contribution is 2.29. The molecule has 0 aliphatic carbocycles. The molecular formula is C20H19N5O5. The smallest absolute Gasteiger partial charge is 0.270 e. The molecule has 10 heteroatoms. The minimum Gasteiger partial charge on any atom is -0.497 e. The molecule has 0 aliphatic rings. The molecular weight excluding hydrogens is 390 g/mol. The Morgan fingerprint density at radius 1 is 1.07 bits per heavy atom. The summed E-state index contributed by atoms with van der Waals surface area (Å²) in [6.45, 7) is 0.626. The summed E-state index contributed by atoms with van der Waals surface area (Å²) < 4.78 is 10.9. The molecule has 0 saturated heterocycles. The largest absolute Gasteiger partial charge is 0.497 e. The minimum absolute atomic E-state index is 0.0518. The first-order valence-corrected chi connectivity index (χ1v) is 8.96. The molecule has 3 aromatic rings. The number of hydrogen-bond acceptors (Lipinski definition) is 8. The number of carbonyl (C=O) groups is 1. The van der Waals surface area contributed by atoms with Crippen LogP contribution in [0.15, 0.2) is 60.9 Å². The van der Waals surface area contributed by atoms with Crippen LogP contribution in [0.1, 0.15) is 10.4 Å². The van der Waals surface area contributed by atoms with E-state index in [-0.39, 0.29) is 23.5 Å². The van der Waals surface area contributed by atoms with Gasteiger partial charge in [-0.1, -0.05) is 0 Å². The molecule has 3 rings (SSSR count). The highest BCUT2D eigenvalue weighted by molar-refractivity contribution is 5.97. The van der Waals surface area contributed by atoms with Gasteiger partial charge in [0, 0.05) is 37.6 Å². The van der Waals surface area contributed by atoms with Crippen molar-refractivity contribution in [2.75, 3.05) is 25.5 Å². The van der Waals surface area contributed by atoms with Gasteiger partial charge in [-0.15, -0.1) is 0 Å². The maximum absolute atomic E-state index is 12.6. The normalized spacial score (nSPS) is 10.2. The Morgan fingerprint density at radius 3 is 2.43 bits per heavy atom. The van der Waals surface area contributed by atoms with E-state index in [9.17, 15) is 14.9 Å². The average molecular weight is 409 g/mol. The Morgan fingerprint density at radius 2 is 1.77 bits per heavy atom. The van der Waals surface area contributed by atoms with Gasteiger partial charge in [-0.2, -0.15) is 0 Å². The molecule has 2 aromatic carbocycles. The maximum atomic E-state index is 12.6. The van der Waals surface area contributed by atoms with Crippen LogP contribution in [0.3, 0.4) is 0 Å². The number of hydrogen-bond donors (Lipinski definition) is 2. The molecule has 1 amide bonds. The number of methoxy groups -OCH3 is 1. The Kier molecular flexibility index (Phi) is 6.72. The maximum Gasteiger partial charge on any atom is 0.270 e. The number of rotatable bonds is 9. The second-order valence-electron chi connectivity index (χ2n) is 5.97. The number of carbonyl (C=O) groups excluding carboxylic acids is 1. The highest BCUT2D eigenvalue weighted by Gasteiger charge is 2.18. The van der Waals surface area contributed by atoms with Crippen LogP contribution in [-0.4, -0.2) is 41.0 Å². The van der Waals surface area contributed by atoms with Crippen LogP contribution in [0, 0.1) is 10.1 Å². The molecule has 0 fully saturated rings. The highest BCUT2D eigenvalue weighted by atomic mass is 16.6. The standard InChI is InChI=1S/C20H19N5O5/c1-29-15-4-6-16(7-5-15)30-18-8-3-14(25(27)28)13-17(18)19(26)21-11-12-24-20-22-9-2-10-23-20/h2-10,13H,11-12H2,1H3,(H,21,26)(H,22,23,24). The summed E-state index contributed by atoms with van der Waals surface area (Å²) in [5.74, 6) is 1.24. The zero-order chi connectivity index (χ0) is 21.3. The lowest BCUT2D eigenvalue weighted by atomic mass is 10.1. The molecule has 0 atom stereocenters. The Bertz CT molecular complexity index is 1010. The van der Waals surface area contributed by atoms with Gasteiger partial charge < -0.3 is 20.1 Å². The van der Waals surface area contributed by atoms with E-state index in [2.05, 4.69) is 20.6 Å². The topological polar surface area (TPSA) is 129 Å². The van der Waals surface area contributed by atoms with Crippen molar-refractivity contribution in [3.63, 3.8) is 0 Å². The van der Waals surface area contributed by atoms with Crippen molar-refractivity contribution in [2.45, 2.75) is 0 Å². The molecule has 10 nitrogen and oxygen atoms in total. The van der Waals surface area contributed by atoms with Gasteiger partial charge in [0.15, 0.2) is 0 Å². The van der Waals surface area contributed by atoms with E-state index in [0.717, 1.165) is 0 Å². The van der Waals surface area contributed by atoms with Gasteiger partial charge in [0.25, 0.3) is 11.6 Å². The molecule has 0 spiro atoms. The van der Waals surface area contributed by atoms with Crippen LogP contribution in [-0.2, 0) is 0 Å². The number of aromatic nitrogens is 2. The van der Waals surface area contributed by atoms with Gasteiger partial charge in [-0.3, -0.25) is 14.9 Å². The summed E-state index contributed by atoms with van der Waals surface area (Å²) in [6.07, 6.45) is 3.19. The van der Waals surface area contributed by atoms with E-state index in [0.29, 0.717) is 24.0 Å². The number of amides is 1. The van der Waals surface area contributed by atoms with Gasteiger partial charge in [-0.05, 0) is 36.4 Å². The fraction of sp³-hybridized carbons (Fsp3) is 0.150. The minimum atomic E-state index is -0.567. The molecule has 0 radical (unpaired) electrons. The molecule has 1 heterocycles. The molecule has 2 N–H and O–H groups in total. The van der Waals surface area contributed by atoms with Crippen molar-refractivity contribution in [2.24, 2.45) is 0 Å². The Hall–Kier alpha value is -4.21. The first kappa shape index (κ1) is 20.5. The SMILES string of the molecule is COc1ccc(Oc2ccc([N+](=O)[O-])cc2C(=O)NCCNc2ncccn2)cc1. The molecule has 0 aliphatic heterocycles. The van der Waals surface area contributed by atoms with Crippen molar-refractivity contribution >= 4 is 17.5 Å². The quantitative estimate of drug-likeness (QED) is 0.313. The number of anilines is 1. The summed E-state index contributed by atoms with van der Waals surface area (Å²) in [6, 6.07) is 12.3. The van der Waals surface area contributed by atoms with Crippen LogP contribution >= 0.6 is 0 Å². The van der Waals surface area contributed by atoms with Gasteiger partial charge in [0.05, 0.1) is 17.6 Å². The second-order valence-corrected chi connectivity index (χ2v) is 5.97. The van der Waals surface area contributed by atoms with Crippen LogP contribution in [0.4, 0.5) is 11.6 Å². The molecule has 0 bridgehead atoms. The van der Waals surface area contributed by atoms with Crippen molar-refractivity contribution in [1.82, 2.24) is 15.3 Å². The third-order valence-corrected chi connectivity index (χ3v) is 3.97. The van der Waals surface area contributed by atoms with E-state index in [4.69, 9.17) is 9.47 Å². The number of nitrogens with one attached hydrogen (secondary N) is 2. The lowest BCUT2D eigenvalue weighted by Gasteiger charge is -2.12. The monoisotopic (exact) mass is 409 g/mol. The summed E-state index contributed by atoms with van der Waals surface area (Å²) in [7, 11) is 1.55. The van der Waals surface area contributed by atoms with E-state index < -0.39 is 10.8 Å². The predicted molar refractivity (Wildman–Crippen MR) is 109 cm³/mol. The Balaban J connectivity index is 1.70. The zero-order valence-corrected chi connectivity index (χ0v) is 16.1. The summed E-state index contributed by atoms with van der Waals surface area (Å²) >= 11 is 0. The second kappa shape index (κ2) is 9.82. The first-order chi connectivity index (χ1) is 14.6. The molecule has 30 heavy (non-hydrogen) atoms. The van der Waals surface area contributed by atoms with E-state index in [1.54, 1.807) is 49.8 Å². The summed E-state index contributed by atoms with van der Waals surface area (Å²) in [5, 5.41) is 16.8. The number of non-ortho nitro benzene ring substituents is 1. The molecule has 0 saturated carbocycles. The number of nitrogens with zero attached hydrogens (tertiary/aromatic N) is 3. The van der Waals surface area contributed by atoms with Gasteiger partial charge >= 0.3 is 0 Å². The molecule has 1 aromatic heterocycles. The lowest BCUT2D eigenvalue weighted by molar-refractivity contribution is -0.384. The van der Waals surface area contributed by atoms with Gasteiger partial charge in [0.1, 0.15) is 17.2 Å². The van der Waals surface area contributed by atoms with Crippen molar-refractivity contribution in [3.05, 3.63) is 76.6 Å². The van der Waals surface area contributed by atoms with Crippen LogP contribution in [0.5, 0.6) is 17.2 Å². The Labute approximate surface area is 172 Å². The van der Waals surface area contributed by atoms with Gasteiger partial charge in [0.2, 0.25) is 5.95 Å². The summed E-state index contributed by atoms with van der Waals surface area (Å²) in [5.41, 5.74) is -0.158. The lowest BCUT2D eigenvalue weighted by Crippen LogP contribution is -2.29. The number of benzene rings is 2. The van der Waals surface area contributed by atoms with Crippen molar-refractivity contribution in [1.29, 1.82) is 0 Å². The third-order valence-electron chi connectivity index (χ3n) is 3.97. The molecule has 0 unspecified atom stereocenters. The third kappa shape index (κ3) is 5.41. The number of nitro groups is 1. The van der Waals surface area contributed by atoms with Crippen molar-refractivity contribution in [3.8, 4) is 17.2 Å². The van der Waals surface area contributed by atoms with Crippen LogP contribution in [0.2, 0.25) is 0 Å². The van der Waals surface area contributed by atoms with E-state index in [1.165, 1.54) is 18.2 Å². The summed E-state index contributed by atoms with van der Waals surface area (Å²) in [4.78, 5) is 31.2. The average Bonchev–Trinajstić information content (AvgIpc) is 2.78. The van der Waals surface area contributed by atoms with Crippen LogP contribution < -0.4 is 20.1 Å². The number of nitro benzene ring substituents is 1. The first-order valence-electron chi connectivity index (χ1n) is 8.96. The zero-order valence-electron chi connectivity index (χ0n) is 16.1. The van der Waals surface area contributed by atoms with E-state index >= 15 is 0 Å². The van der Waals surface area contributed by atoms with E-state index in [1.807, 2.05) is 0 Å². The van der Waals surface area contributed by atoms with Crippen molar-refractivity contribution < 1.29 is 19.2 Å². The van der Waals surface area contributed by atoms with Crippen LogP contribution in [0.25, 0.3) is 0 Å². The molecule has 154 valence electrons. The fourth-order valence-electron chi connectivity index (χ4n) is 2.50. The van der Waals surface area contributed by atoms with Gasteiger partial charge in [-0.25, -0.2) is 9.97 Å². The predicted octanol–water partition coefficient (Wildman–Crippen LogP) is 3.03. The number of ether oxygens (including phenoxy) is 2.